The van der Waals surface area contributed by atoms with Crippen LogP contribution in [0.25, 0.3) is 0 Å². The molecule has 0 aliphatic carbocycles. The van der Waals surface area contributed by atoms with Gasteiger partial charge in [0.2, 0.25) is 5.91 Å². The number of nitrogens with one attached hydrogen (secondary N) is 1. The van der Waals surface area contributed by atoms with Gasteiger partial charge < -0.3 is 15.8 Å². The predicted octanol–water partition coefficient (Wildman–Crippen LogP) is 2.28. The molecule has 0 bridgehead atoms. The molecule has 2 rings (SSSR count). The molecule has 1 atom stereocenters. The normalized spacial score (nSPS) is 16.4. The maximum Gasteiger partial charge on any atom is 0.222 e. The number of methoxy groups -OCH3 is 1. The molecule has 3 N–H and O–H groups in total. The molecular formula is C18H31Cl2N3O2. The Morgan fingerprint density at radius 1 is 1.32 bits per heavy atom. The van der Waals surface area contributed by atoms with Crippen molar-refractivity contribution >= 4 is 30.7 Å². The van der Waals surface area contributed by atoms with E-state index in [2.05, 4.69) is 41.4 Å². The third-order valence-electron chi connectivity index (χ3n) is 4.62. The molecular weight excluding hydrogens is 361 g/mol. The summed E-state index contributed by atoms with van der Waals surface area (Å²) >= 11 is 0. The van der Waals surface area contributed by atoms with E-state index in [1.807, 2.05) is 0 Å². The highest BCUT2D eigenvalue weighted by Crippen LogP contribution is 2.16. The number of carbonyl (C=O) groups excluding carboxylic acids is 1. The molecule has 0 spiro atoms. The number of aryl methyl sites for hydroxylation is 1. The number of benzene rings is 1. The van der Waals surface area contributed by atoms with Gasteiger partial charge in [-0.3, -0.25) is 9.69 Å². The second-order valence-corrected chi connectivity index (χ2v) is 6.34. The van der Waals surface area contributed by atoms with Gasteiger partial charge in [0.25, 0.3) is 0 Å². The van der Waals surface area contributed by atoms with Crippen molar-refractivity contribution in [3.05, 3.63) is 35.4 Å². The summed E-state index contributed by atoms with van der Waals surface area (Å²) < 4.78 is 5.16. The molecule has 1 amide bonds. The van der Waals surface area contributed by atoms with Crippen molar-refractivity contribution in [2.75, 3.05) is 26.7 Å². The van der Waals surface area contributed by atoms with Crippen LogP contribution in [0.5, 0.6) is 0 Å². The molecule has 1 aliphatic rings. The highest BCUT2D eigenvalue weighted by Gasteiger charge is 2.22. The number of nitrogens with zero attached hydrogens (tertiary/aromatic N) is 1. The zero-order valence-electron chi connectivity index (χ0n) is 15.1. The molecule has 0 aromatic heterocycles. The van der Waals surface area contributed by atoms with Crippen LogP contribution in [-0.2, 0) is 16.1 Å². The van der Waals surface area contributed by atoms with Gasteiger partial charge in [-0.05, 0) is 30.9 Å². The highest BCUT2D eigenvalue weighted by molar-refractivity contribution is 5.85. The molecule has 1 unspecified atom stereocenters. The van der Waals surface area contributed by atoms with E-state index in [9.17, 15) is 4.79 Å². The number of hydrogen-bond acceptors (Lipinski definition) is 4. The minimum Gasteiger partial charge on any atom is -0.380 e. The van der Waals surface area contributed by atoms with Gasteiger partial charge in [-0.15, -0.1) is 24.8 Å². The maximum atomic E-state index is 12.0. The number of halogens is 2. The Morgan fingerprint density at radius 3 is 2.52 bits per heavy atom. The number of likely N-dealkylation sites (tertiary alicyclic amines) is 1. The lowest BCUT2D eigenvalue weighted by atomic mass is 10.0. The van der Waals surface area contributed by atoms with E-state index < -0.39 is 0 Å². The van der Waals surface area contributed by atoms with E-state index in [1.165, 1.54) is 11.1 Å². The van der Waals surface area contributed by atoms with Crippen LogP contribution in [0.4, 0.5) is 0 Å². The van der Waals surface area contributed by atoms with Crippen LogP contribution in [0.1, 0.15) is 30.4 Å². The molecule has 7 heteroatoms. The molecule has 1 heterocycles. The summed E-state index contributed by atoms with van der Waals surface area (Å²) in [7, 11) is 1.59. The third-order valence-corrected chi connectivity index (χ3v) is 4.62. The minimum atomic E-state index is -0.184. The van der Waals surface area contributed by atoms with Crippen LogP contribution in [0, 0.1) is 6.92 Å². The van der Waals surface area contributed by atoms with E-state index in [1.54, 1.807) is 7.11 Å². The van der Waals surface area contributed by atoms with Crippen molar-refractivity contribution < 1.29 is 9.53 Å². The Hall–Kier alpha value is -0.850. The predicted molar refractivity (Wildman–Crippen MR) is 107 cm³/mol. The number of amides is 1. The second kappa shape index (κ2) is 12.5. The van der Waals surface area contributed by atoms with Gasteiger partial charge in [0.15, 0.2) is 0 Å². The van der Waals surface area contributed by atoms with Crippen molar-refractivity contribution in [2.24, 2.45) is 5.73 Å². The Morgan fingerprint density at radius 2 is 1.96 bits per heavy atom. The number of piperidine rings is 1. The lowest BCUT2D eigenvalue weighted by Crippen LogP contribution is -2.45. The Labute approximate surface area is 163 Å². The summed E-state index contributed by atoms with van der Waals surface area (Å²) in [6, 6.07) is 8.80. The molecule has 5 nitrogen and oxygen atoms in total. The van der Waals surface area contributed by atoms with Crippen LogP contribution in [0.3, 0.4) is 0 Å². The molecule has 0 saturated carbocycles. The number of ether oxygens (including phenoxy) is 1. The summed E-state index contributed by atoms with van der Waals surface area (Å²) in [5.41, 5.74) is 8.29. The molecule has 1 saturated heterocycles. The number of rotatable bonds is 7. The molecule has 1 fully saturated rings. The van der Waals surface area contributed by atoms with E-state index in [0.717, 1.165) is 32.5 Å². The lowest BCUT2D eigenvalue weighted by molar-refractivity contribution is -0.124. The van der Waals surface area contributed by atoms with E-state index in [0.29, 0.717) is 13.0 Å². The molecule has 0 radical (unpaired) electrons. The van der Waals surface area contributed by atoms with Crippen molar-refractivity contribution in [1.82, 2.24) is 10.2 Å². The van der Waals surface area contributed by atoms with Gasteiger partial charge in [0.1, 0.15) is 0 Å². The van der Waals surface area contributed by atoms with Crippen LogP contribution < -0.4 is 11.1 Å². The average Bonchev–Trinajstić information content (AvgIpc) is 2.56. The SMILES string of the molecule is COC(CN)CC(=O)NC1CCN(Cc2ccccc2C)CC1.Cl.Cl. The Balaban J connectivity index is 0.00000288. The summed E-state index contributed by atoms with van der Waals surface area (Å²) in [5, 5.41) is 3.11. The average molecular weight is 392 g/mol. The second-order valence-electron chi connectivity index (χ2n) is 6.34. The standard InChI is InChI=1S/C18H29N3O2.2ClH/c1-14-5-3-4-6-15(14)13-21-9-7-16(8-10-21)20-18(22)11-17(12-19)23-2;;/h3-6,16-17H,7-13,19H2,1-2H3,(H,20,22);2*1H. The van der Waals surface area contributed by atoms with E-state index in [-0.39, 0.29) is 42.9 Å². The van der Waals surface area contributed by atoms with Gasteiger partial charge in [-0.2, -0.15) is 0 Å². The highest BCUT2D eigenvalue weighted by atomic mass is 35.5. The molecule has 1 aromatic rings. The van der Waals surface area contributed by atoms with Crippen molar-refractivity contribution in [2.45, 2.75) is 44.9 Å². The van der Waals surface area contributed by atoms with Crippen molar-refractivity contribution in [3.63, 3.8) is 0 Å². The fourth-order valence-corrected chi connectivity index (χ4v) is 3.02. The first kappa shape index (κ1) is 24.1. The smallest absolute Gasteiger partial charge is 0.222 e. The molecule has 144 valence electrons. The molecule has 25 heavy (non-hydrogen) atoms. The lowest BCUT2D eigenvalue weighted by Gasteiger charge is -2.32. The number of carbonyl (C=O) groups is 1. The summed E-state index contributed by atoms with van der Waals surface area (Å²) in [6.07, 6.45) is 2.16. The summed E-state index contributed by atoms with van der Waals surface area (Å²) in [4.78, 5) is 14.5. The maximum absolute atomic E-state index is 12.0. The van der Waals surface area contributed by atoms with E-state index >= 15 is 0 Å². The van der Waals surface area contributed by atoms with E-state index in [4.69, 9.17) is 10.5 Å². The fourth-order valence-electron chi connectivity index (χ4n) is 3.02. The van der Waals surface area contributed by atoms with Crippen molar-refractivity contribution in [3.8, 4) is 0 Å². The quantitative estimate of drug-likeness (QED) is 0.747. The van der Waals surface area contributed by atoms with Gasteiger partial charge in [-0.25, -0.2) is 0 Å². The van der Waals surface area contributed by atoms with Gasteiger partial charge >= 0.3 is 0 Å². The van der Waals surface area contributed by atoms with Gasteiger partial charge in [-0.1, -0.05) is 24.3 Å². The van der Waals surface area contributed by atoms with Crippen LogP contribution in [0.2, 0.25) is 0 Å². The number of nitrogens with two attached hydrogens (primary N) is 1. The fraction of sp³-hybridized carbons (Fsp3) is 0.611. The Kier molecular flexibility index (Phi) is 12.1. The van der Waals surface area contributed by atoms with Crippen molar-refractivity contribution in [1.29, 1.82) is 0 Å². The zero-order chi connectivity index (χ0) is 16.7. The largest absolute Gasteiger partial charge is 0.380 e. The minimum absolute atomic E-state index is 0. The molecule has 1 aromatic carbocycles. The molecule has 1 aliphatic heterocycles. The topological polar surface area (TPSA) is 67.6 Å². The van der Waals surface area contributed by atoms with Gasteiger partial charge in [0.05, 0.1) is 12.5 Å². The first-order chi connectivity index (χ1) is 11.1. The van der Waals surface area contributed by atoms with Crippen LogP contribution in [0.15, 0.2) is 24.3 Å². The first-order valence-corrected chi connectivity index (χ1v) is 8.41. The summed E-state index contributed by atoms with van der Waals surface area (Å²) in [5.74, 6) is 0.0413. The zero-order valence-corrected chi connectivity index (χ0v) is 16.7. The number of hydrogen-bond donors (Lipinski definition) is 2. The van der Waals surface area contributed by atoms with Crippen LogP contribution in [-0.4, -0.2) is 49.7 Å². The summed E-state index contributed by atoms with van der Waals surface area (Å²) in [6.45, 7) is 5.56. The third kappa shape index (κ3) is 7.92. The van der Waals surface area contributed by atoms with Crippen LogP contribution >= 0.6 is 24.8 Å². The Bertz CT molecular complexity index is 505. The van der Waals surface area contributed by atoms with Gasteiger partial charge in [0, 0.05) is 39.3 Å². The first-order valence-electron chi connectivity index (χ1n) is 8.41. The monoisotopic (exact) mass is 391 g/mol.